The van der Waals surface area contributed by atoms with E-state index in [1.54, 1.807) is 19.2 Å². The van der Waals surface area contributed by atoms with E-state index in [0.29, 0.717) is 10.9 Å². The van der Waals surface area contributed by atoms with Gasteiger partial charge in [-0.05, 0) is 37.2 Å². The third kappa shape index (κ3) is 3.75. The van der Waals surface area contributed by atoms with Gasteiger partial charge in [-0.25, -0.2) is 4.79 Å². The average molecular weight is 267 g/mol. The van der Waals surface area contributed by atoms with Gasteiger partial charge in [0.2, 0.25) is 0 Å². The Bertz CT molecular complexity index is 618. The molecule has 2 rings (SSSR count). The highest BCUT2D eigenvalue weighted by atomic mass is 32.2. The number of nitrogens with one attached hydrogen (secondary N) is 3. The summed E-state index contributed by atoms with van der Waals surface area (Å²) in [5.74, 6) is 0. The molecule has 0 aliphatic rings. The zero-order chi connectivity index (χ0) is 13.5. The maximum atomic E-state index is 11.4. The topological polar surface area (TPSA) is 77.8 Å². The van der Waals surface area contributed by atoms with Crippen LogP contribution in [-0.2, 0) is 0 Å². The summed E-state index contributed by atoms with van der Waals surface area (Å²) in [6, 6.07) is 5.26. The van der Waals surface area contributed by atoms with Crippen molar-refractivity contribution in [3.63, 3.8) is 0 Å². The highest BCUT2D eigenvalue weighted by Crippen LogP contribution is 2.17. The molecule has 5 nitrogen and oxygen atoms in total. The van der Waals surface area contributed by atoms with Crippen molar-refractivity contribution in [2.24, 2.45) is 0 Å². The lowest BCUT2D eigenvalue weighted by Gasteiger charge is -2.00. The zero-order valence-corrected chi connectivity index (χ0v) is 11.5. The monoisotopic (exact) mass is 267 g/mol. The van der Waals surface area contributed by atoms with Gasteiger partial charge in [0.05, 0.1) is 10.9 Å². The van der Waals surface area contributed by atoms with Crippen molar-refractivity contribution in [2.75, 3.05) is 7.05 Å². The lowest BCUT2D eigenvalue weighted by Crippen LogP contribution is -2.21. The number of hydrogen-bond donors (Lipinski definition) is 3. The van der Waals surface area contributed by atoms with Crippen LogP contribution in [0.4, 0.5) is 0 Å². The Morgan fingerprint density at radius 2 is 1.89 bits per heavy atom. The predicted molar refractivity (Wildman–Crippen MR) is 76.1 cm³/mol. The van der Waals surface area contributed by atoms with Crippen molar-refractivity contribution in [2.45, 2.75) is 25.2 Å². The number of benzene rings is 1. The fourth-order valence-electron chi connectivity index (χ4n) is 1.33. The third-order valence-corrected chi connectivity index (χ3v) is 2.62. The summed E-state index contributed by atoms with van der Waals surface area (Å²) in [4.78, 5) is 28.1. The molecule has 0 atom stereocenters. The van der Waals surface area contributed by atoms with Gasteiger partial charge in [-0.3, -0.25) is 14.5 Å². The van der Waals surface area contributed by atoms with Crippen LogP contribution in [-0.4, -0.2) is 17.0 Å². The van der Waals surface area contributed by atoms with Crippen LogP contribution in [0.3, 0.4) is 0 Å². The largest absolute Gasteiger partial charge is 0.326 e. The van der Waals surface area contributed by atoms with E-state index in [1.807, 2.05) is 6.07 Å². The molecule has 1 heterocycles. The van der Waals surface area contributed by atoms with Crippen molar-refractivity contribution >= 4 is 22.9 Å². The highest BCUT2D eigenvalue weighted by molar-refractivity contribution is 7.97. The Hall–Kier alpha value is -1.53. The molecule has 0 saturated carbocycles. The van der Waals surface area contributed by atoms with E-state index in [1.165, 1.54) is 18.4 Å². The van der Waals surface area contributed by atoms with E-state index in [9.17, 15) is 9.59 Å². The second-order valence-corrected chi connectivity index (χ2v) is 4.71. The van der Waals surface area contributed by atoms with E-state index in [0.717, 1.165) is 4.90 Å². The van der Waals surface area contributed by atoms with E-state index in [4.69, 9.17) is 0 Å². The third-order valence-electron chi connectivity index (χ3n) is 1.93. The molecular formula is C12H17N3O2S. The second kappa shape index (κ2) is 7.03. The molecule has 0 bridgehead atoms. The summed E-state index contributed by atoms with van der Waals surface area (Å²) in [5.41, 5.74) is -0.308. The van der Waals surface area contributed by atoms with Crippen LogP contribution in [0.15, 0.2) is 32.7 Å². The van der Waals surface area contributed by atoms with Gasteiger partial charge in [-0.1, -0.05) is 20.3 Å². The number of rotatable bonds is 2. The predicted octanol–water partition coefficient (Wildman–Crippen LogP) is 1.86. The molecule has 0 amide bonds. The molecule has 18 heavy (non-hydrogen) atoms. The Morgan fingerprint density at radius 1 is 1.22 bits per heavy atom. The Balaban J connectivity index is 0.000000492. The average Bonchev–Trinajstić information content (AvgIpc) is 2.29. The first-order valence-electron chi connectivity index (χ1n) is 5.72. The molecule has 98 valence electrons. The van der Waals surface area contributed by atoms with Crippen molar-refractivity contribution in [3.05, 3.63) is 39.0 Å². The number of hydrogen-bond acceptors (Lipinski definition) is 4. The lowest BCUT2D eigenvalue weighted by molar-refractivity contribution is 1.08. The van der Waals surface area contributed by atoms with Gasteiger partial charge in [0.15, 0.2) is 0 Å². The maximum absolute atomic E-state index is 11.4. The van der Waals surface area contributed by atoms with Crippen LogP contribution in [0.25, 0.3) is 10.9 Å². The standard InChI is InChI=1S/C9H9N3O2S.C3H8/c1-10-15-5-2-3-6-7(4-5)11-9(14)12-8(6)13;1-3-2/h2-4,10H,1H3,(H2,11,12,13,14);3H2,1-2H3. The van der Waals surface area contributed by atoms with Gasteiger partial charge >= 0.3 is 5.69 Å². The molecule has 3 N–H and O–H groups in total. The number of aromatic amines is 2. The second-order valence-electron chi connectivity index (χ2n) is 3.63. The molecule has 0 aliphatic carbocycles. The zero-order valence-electron chi connectivity index (χ0n) is 10.7. The molecule has 0 saturated heterocycles. The fraction of sp³-hybridized carbons (Fsp3) is 0.333. The smallest absolute Gasteiger partial charge is 0.307 e. The Morgan fingerprint density at radius 3 is 2.50 bits per heavy atom. The molecule has 0 radical (unpaired) electrons. The highest BCUT2D eigenvalue weighted by Gasteiger charge is 2.01. The summed E-state index contributed by atoms with van der Waals surface area (Å²) >= 11 is 1.42. The van der Waals surface area contributed by atoms with Gasteiger partial charge < -0.3 is 4.98 Å². The van der Waals surface area contributed by atoms with E-state index >= 15 is 0 Å². The van der Waals surface area contributed by atoms with Gasteiger partial charge in [0.1, 0.15) is 0 Å². The quantitative estimate of drug-likeness (QED) is 0.726. The summed E-state index contributed by atoms with van der Waals surface area (Å²) < 4.78 is 2.92. The minimum absolute atomic E-state index is 0.366. The Labute approximate surface area is 109 Å². The van der Waals surface area contributed by atoms with Gasteiger partial charge in [0.25, 0.3) is 5.56 Å². The summed E-state index contributed by atoms with van der Waals surface area (Å²) in [7, 11) is 1.80. The minimum Gasteiger partial charge on any atom is -0.307 e. The summed E-state index contributed by atoms with van der Waals surface area (Å²) in [5, 5.41) is 0.482. The molecule has 0 spiro atoms. The normalized spacial score (nSPS) is 9.94. The molecule has 0 unspecified atom stereocenters. The van der Waals surface area contributed by atoms with Crippen molar-refractivity contribution in [1.29, 1.82) is 0 Å². The minimum atomic E-state index is -0.487. The number of aromatic nitrogens is 2. The number of fused-ring (bicyclic) bond motifs is 1. The fourth-order valence-corrected chi connectivity index (χ4v) is 1.88. The first kappa shape index (κ1) is 14.5. The van der Waals surface area contributed by atoms with Crippen LogP contribution in [0.1, 0.15) is 20.3 Å². The molecular weight excluding hydrogens is 250 g/mol. The van der Waals surface area contributed by atoms with Crippen LogP contribution in [0, 0.1) is 0 Å². The molecule has 6 heteroatoms. The van der Waals surface area contributed by atoms with E-state index in [-0.39, 0.29) is 5.56 Å². The lowest BCUT2D eigenvalue weighted by atomic mass is 10.2. The summed E-state index contributed by atoms with van der Waals surface area (Å²) in [6.07, 6.45) is 1.25. The van der Waals surface area contributed by atoms with Crippen molar-refractivity contribution in [1.82, 2.24) is 14.7 Å². The Kier molecular flexibility index (Phi) is 5.67. The van der Waals surface area contributed by atoms with Crippen molar-refractivity contribution < 1.29 is 0 Å². The molecule has 1 aromatic heterocycles. The van der Waals surface area contributed by atoms with Crippen LogP contribution < -0.4 is 16.0 Å². The van der Waals surface area contributed by atoms with Gasteiger partial charge in [-0.2, -0.15) is 0 Å². The SMILES string of the molecule is CCC.CNSc1ccc2c(=O)[nH]c(=O)[nH]c2c1. The van der Waals surface area contributed by atoms with Crippen LogP contribution in [0.2, 0.25) is 0 Å². The summed E-state index contributed by atoms with van der Waals surface area (Å²) in [6.45, 7) is 4.25. The van der Waals surface area contributed by atoms with Gasteiger partial charge in [-0.15, -0.1) is 0 Å². The van der Waals surface area contributed by atoms with E-state index in [2.05, 4.69) is 28.5 Å². The van der Waals surface area contributed by atoms with Crippen molar-refractivity contribution in [3.8, 4) is 0 Å². The molecule has 0 fully saturated rings. The van der Waals surface area contributed by atoms with Gasteiger partial charge in [0, 0.05) is 4.90 Å². The van der Waals surface area contributed by atoms with E-state index < -0.39 is 5.69 Å². The molecule has 0 aliphatic heterocycles. The first-order valence-corrected chi connectivity index (χ1v) is 6.54. The van der Waals surface area contributed by atoms with Crippen LogP contribution in [0.5, 0.6) is 0 Å². The van der Waals surface area contributed by atoms with Crippen LogP contribution >= 0.6 is 11.9 Å². The number of H-pyrrole nitrogens is 2. The maximum Gasteiger partial charge on any atom is 0.326 e. The molecule has 2 aromatic rings. The first-order chi connectivity index (χ1) is 8.62. The molecule has 1 aromatic carbocycles.